The smallest absolute Gasteiger partial charge is 0.343 e. The van der Waals surface area contributed by atoms with Gasteiger partial charge in [-0.1, -0.05) is 42.5 Å². The van der Waals surface area contributed by atoms with Crippen molar-refractivity contribution in [3.8, 4) is 5.75 Å². The zero-order valence-electron chi connectivity index (χ0n) is 14.4. The van der Waals surface area contributed by atoms with Crippen LogP contribution in [0.25, 0.3) is 0 Å². The van der Waals surface area contributed by atoms with Crippen molar-refractivity contribution >= 4 is 23.5 Å². The summed E-state index contributed by atoms with van der Waals surface area (Å²) in [6.07, 6.45) is 5.00. The number of esters is 1. The summed E-state index contributed by atoms with van der Waals surface area (Å²) in [5, 5.41) is 0. The Balaban J connectivity index is 1.48. The molecule has 2 aromatic carbocycles. The van der Waals surface area contributed by atoms with Crippen molar-refractivity contribution in [2.45, 2.75) is 6.42 Å². The molecule has 27 heavy (non-hydrogen) atoms. The van der Waals surface area contributed by atoms with Gasteiger partial charge in [0, 0.05) is 0 Å². The molecular formula is C22H17NO4. The van der Waals surface area contributed by atoms with Gasteiger partial charge in [0.15, 0.2) is 5.75 Å². The van der Waals surface area contributed by atoms with E-state index in [1.165, 1.54) is 4.90 Å². The van der Waals surface area contributed by atoms with Gasteiger partial charge in [0.2, 0.25) is 11.8 Å². The van der Waals surface area contributed by atoms with Crippen LogP contribution in [0.5, 0.6) is 5.75 Å². The Kier molecular flexibility index (Phi) is 3.50. The fourth-order valence-corrected chi connectivity index (χ4v) is 4.60. The van der Waals surface area contributed by atoms with Crippen LogP contribution in [0.2, 0.25) is 0 Å². The topological polar surface area (TPSA) is 63.7 Å². The number of anilines is 1. The fraction of sp³-hybridized carbons (Fsp3) is 0.227. The SMILES string of the molecule is O=C(Oc1ccccc1N1C(=O)[C@@H]2[C@H](C1=O)[C@@H]1C=C[C@@H]2C1)c1ccccc1. The third kappa shape index (κ3) is 2.35. The first-order valence-electron chi connectivity index (χ1n) is 9.07. The summed E-state index contributed by atoms with van der Waals surface area (Å²) in [4.78, 5) is 39.7. The van der Waals surface area contributed by atoms with Crippen molar-refractivity contribution in [2.24, 2.45) is 23.7 Å². The molecule has 5 nitrogen and oxygen atoms in total. The average molecular weight is 359 g/mol. The van der Waals surface area contributed by atoms with E-state index in [-0.39, 0.29) is 41.2 Å². The van der Waals surface area contributed by atoms with Gasteiger partial charge in [0.25, 0.3) is 0 Å². The Labute approximate surface area is 156 Å². The van der Waals surface area contributed by atoms with Crippen LogP contribution in [0, 0.1) is 23.7 Å². The van der Waals surface area contributed by atoms with Crippen molar-refractivity contribution < 1.29 is 19.1 Å². The normalized spacial score (nSPS) is 27.9. The van der Waals surface area contributed by atoms with Crippen LogP contribution in [-0.4, -0.2) is 17.8 Å². The molecule has 4 atom stereocenters. The molecule has 2 aromatic rings. The third-order valence-corrected chi connectivity index (χ3v) is 5.79. The highest BCUT2D eigenvalue weighted by atomic mass is 16.5. The van der Waals surface area contributed by atoms with Gasteiger partial charge in [-0.05, 0) is 42.5 Å². The van der Waals surface area contributed by atoms with Crippen molar-refractivity contribution in [3.63, 3.8) is 0 Å². The first-order chi connectivity index (χ1) is 13.1. The number of benzene rings is 2. The average Bonchev–Trinajstić information content (AvgIpc) is 3.37. The maximum Gasteiger partial charge on any atom is 0.343 e. The van der Waals surface area contributed by atoms with E-state index in [0.717, 1.165) is 6.42 Å². The van der Waals surface area contributed by atoms with E-state index in [9.17, 15) is 14.4 Å². The van der Waals surface area contributed by atoms with E-state index in [0.29, 0.717) is 11.3 Å². The molecule has 134 valence electrons. The molecule has 3 aliphatic rings. The maximum absolute atomic E-state index is 13.0. The molecule has 1 heterocycles. The monoisotopic (exact) mass is 359 g/mol. The largest absolute Gasteiger partial charge is 0.421 e. The van der Waals surface area contributed by atoms with E-state index in [1.54, 1.807) is 48.5 Å². The second kappa shape index (κ2) is 5.91. The molecule has 0 N–H and O–H groups in total. The lowest BCUT2D eigenvalue weighted by molar-refractivity contribution is -0.123. The summed E-state index contributed by atoms with van der Waals surface area (Å²) in [6.45, 7) is 0. The molecule has 1 saturated carbocycles. The predicted molar refractivity (Wildman–Crippen MR) is 98.1 cm³/mol. The fourth-order valence-electron chi connectivity index (χ4n) is 4.60. The Morgan fingerprint density at radius 1 is 0.852 bits per heavy atom. The number of carbonyl (C=O) groups is 3. The Morgan fingerprint density at radius 3 is 2.11 bits per heavy atom. The maximum atomic E-state index is 13.0. The minimum absolute atomic E-state index is 0.139. The molecule has 2 aliphatic carbocycles. The van der Waals surface area contributed by atoms with E-state index < -0.39 is 5.97 Å². The number of fused-ring (bicyclic) bond motifs is 5. The van der Waals surface area contributed by atoms with Crippen molar-refractivity contribution in [1.29, 1.82) is 0 Å². The number of carbonyl (C=O) groups excluding carboxylic acids is 3. The van der Waals surface area contributed by atoms with E-state index in [2.05, 4.69) is 12.2 Å². The van der Waals surface area contributed by atoms with Crippen molar-refractivity contribution in [1.82, 2.24) is 0 Å². The first-order valence-corrected chi connectivity index (χ1v) is 9.07. The number of hydrogen-bond donors (Lipinski definition) is 0. The predicted octanol–water partition coefficient (Wildman–Crippen LogP) is 3.22. The van der Waals surface area contributed by atoms with Crippen molar-refractivity contribution in [3.05, 3.63) is 72.3 Å². The lowest BCUT2D eigenvalue weighted by atomic mass is 9.85. The van der Waals surface area contributed by atoms with Crippen LogP contribution in [0.15, 0.2) is 66.7 Å². The summed E-state index contributed by atoms with van der Waals surface area (Å²) in [7, 11) is 0. The van der Waals surface area contributed by atoms with Crippen LogP contribution in [0.1, 0.15) is 16.8 Å². The van der Waals surface area contributed by atoms with Gasteiger partial charge in [-0.2, -0.15) is 0 Å². The second-order valence-corrected chi connectivity index (χ2v) is 7.24. The molecule has 5 rings (SSSR count). The summed E-state index contributed by atoms with van der Waals surface area (Å²) in [6, 6.07) is 15.3. The number of imide groups is 1. The lowest BCUT2D eigenvalue weighted by Gasteiger charge is -2.20. The van der Waals surface area contributed by atoms with Gasteiger partial charge in [-0.25, -0.2) is 9.69 Å². The summed E-state index contributed by atoms with van der Waals surface area (Å²) >= 11 is 0. The summed E-state index contributed by atoms with van der Waals surface area (Å²) in [5.41, 5.74) is 0.746. The first kappa shape index (κ1) is 16.0. The zero-order chi connectivity index (χ0) is 18.5. The molecule has 2 bridgehead atoms. The zero-order valence-corrected chi connectivity index (χ0v) is 14.4. The van der Waals surface area contributed by atoms with Crippen LogP contribution in [-0.2, 0) is 9.59 Å². The number of rotatable bonds is 3. The minimum Gasteiger partial charge on any atom is -0.421 e. The molecule has 2 fully saturated rings. The number of allylic oxidation sites excluding steroid dienone is 2. The van der Waals surface area contributed by atoms with Gasteiger partial charge in [-0.15, -0.1) is 0 Å². The highest BCUT2D eigenvalue weighted by Gasteiger charge is 2.59. The highest BCUT2D eigenvalue weighted by Crippen LogP contribution is 2.53. The van der Waals surface area contributed by atoms with Gasteiger partial charge in [-0.3, -0.25) is 9.59 Å². The molecule has 5 heteroatoms. The molecule has 0 radical (unpaired) electrons. The van der Waals surface area contributed by atoms with E-state index in [4.69, 9.17) is 4.74 Å². The van der Waals surface area contributed by atoms with Crippen molar-refractivity contribution in [2.75, 3.05) is 4.90 Å². The number of nitrogens with zero attached hydrogens (tertiary/aromatic N) is 1. The van der Waals surface area contributed by atoms with Crippen LogP contribution in [0.3, 0.4) is 0 Å². The summed E-state index contributed by atoms with van der Waals surface area (Å²) in [5.74, 6) is -0.982. The van der Waals surface area contributed by atoms with Gasteiger partial charge in [0.05, 0.1) is 23.1 Å². The highest BCUT2D eigenvalue weighted by molar-refractivity contribution is 6.23. The third-order valence-electron chi connectivity index (χ3n) is 5.79. The quantitative estimate of drug-likeness (QED) is 0.365. The molecular weight excluding hydrogens is 342 g/mol. The van der Waals surface area contributed by atoms with Gasteiger partial charge in [0.1, 0.15) is 0 Å². The second-order valence-electron chi connectivity index (χ2n) is 7.24. The van der Waals surface area contributed by atoms with Crippen LogP contribution < -0.4 is 9.64 Å². The summed E-state index contributed by atoms with van der Waals surface area (Å²) < 4.78 is 5.53. The number of para-hydroxylation sites is 2. The van der Waals surface area contributed by atoms with Crippen LogP contribution >= 0.6 is 0 Å². The van der Waals surface area contributed by atoms with Crippen LogP contribution in [0.4, 0.5) is 5.69 Å². The van der Waals surface area contributed by atoms with Gasteiger partial charge >= 0.3 is 5.97 Å². The number of amides is 2. The molecule has 0 spiro atoms. The molecule has 0 unspecified atom stereocenters. The molecule has 0 aromatic heterocycles. The minimum atomic E-state index is -0.524. The van der Waals surface area contributed by atoms with Gasteiger partial charge < -0.3 is 4.74 Å². The number of ether oxygens (including phenoxy) is 1. The molecule has 2 amide bonds. The lowest BCUT2D eigenvalue weighted by Crippen LogP contribution is -2.33. The Hall–Kier alpha value is -3.21. The molecule has 1 aliphatic heterocycles. The Morgan fingerprint density at radius 2 is 1.44 bits per heavy atom. The Bertz CT molecular complexity index is 951. The standard InChI is InChI=1S/C22H17NO4/c24-20-18-14-10-11-15(12-14)19(18)21(25)23(20)16-8-4-5-9-17(16)27-22(26)13-6-2-1-3-7-13/h1-11,14-15,18-19H,12H2/t14-,15-,18-,19+/m1/s1. The molecule has 1 saturated heterocycles. The van der Waals surface area contributed by atoms with E-state index >= 15 is 0 Å². The van der Waals surface area contributed by atoms with E-state index in [1.807, 2.05) is 6.07 Å². The number of hydrogen-bond acceptors (Lipinski definition) is 4.